The number of rotatable bonds is 12. The zero-order valence-electron chi connectivity index (χ0n) is 22.9. The predicted octanol–water partition coefficient (Wildman–Crippen LogP) is 8.26. The van der Waals surface area contributed by atoms with E-state index in [2.05, 4.69) is 128 Å². The van der Waals surface area contributed by atoms with Gasteiger partial charge < -0.3 is 8.85 Å². The van der Waals surface area contributed by atoms with E-state index >= 15 is 0 Å². The Morgan fingerprint density at radius 3 is 1.45 bits per heavy atom. The van der Waals surface area contributed by atoms with Crippen molar-refractivity contribution in [3.63, 3.8) is 0 Å². The van der Waals surface area contributed by atoms with Gasteiger partial charge in [-0.15, -0.1) is 0 Å². The lowest BCUT2D eigenvalue weighted by molar-refractivity contribution is 0.0984. The van der Waals surface area contributed by atoms with Crippen LogP contribution in [0.1, 0.15) is 38.8 Å². The Balaban J connectivity index is 2.05. The quantitative estimate of drug-likeness (QED) is 0.273. The Morgan fingerprint density at radius 2 is 1.00 bits per heavy atom. The van der Waals surface area contributed by atoms with Crippen LogP contribution in [0, 0.1) is 0 Å². The van der Waals surface area contributed by atoms with Crippen LogP contribution in [0.2, 0.25) is 51.4 Å². The summed E-state index contributed by atoms with van der Waals surface area (Å²) >= 11 is 0. The molecule has 2 aromatic carbocycles. The summed E-state index contributed by atoms with van der Waals surface area (Å²) in [5.41, 5.74) is 2.83. The molecule has 0 aliphatic rings. The molecule has 0 fully saturated rings. The van der Waals surface area contributed by atoms with Crippen LogP contribution in [0.5, 0.6) is 0 Å². The smallest absolute Gasteiger partial charge is 0.216 e. The molecule has 0 bridgehead atoms. The van der Waals surface area contributed by atoms with Gasteiger partial charge in [0.15, 0.2) is 8.32 Å². The molecule has 0 radical (unpaired) electrons. The van der Waals surface area contributed by atoms with Gasteiger partial charge in [0, 0.05) is 5.22 Å². The third-order valence-electron chi connectivity index (χ3n) is 7.86. The monoisotopic (exact) mass is 500 g/mol. The van der Waals surface area contributed by atoms with Crippen LogP contribution >= 0.6 is 0 Å². The van der Waals surface area contributed by atoms with E-state index in [-0.39, 0.29) is 10.4 Å². The van der Waals surface area contributed by atoms with Crippen molar-refractivity contribution < 1.29 is 8.85 Å². The lowest BCUT2D eigenvalue weighted by atomic mass is 10.2. The van der Waals surface area contributed by atoms with Crippen molar-refractivity contribution in [3.8, 4) is 0 Å². The molecule has 0 aromatic heterocycles. The van der Waals surface area contributed by atoms with Gasteiger partial charge in [-0.25, -0.2) is 0 Å². The minimum absolute atomic E-state index is 0.103. The van der Waals surface area contributed by atoms with E-state index in [9.17, 15) is 0 Å². The first-order valence-corrected chi connectivity index (χ1v) is 21.8. The summed E-state index contributed by atoms with van der Waals surface area (Å²) in [6.07, 6.45) is 2.22. The van der Waals surface area contributed by atoms with E-state index in [1.165, 1.54) is 17.2 Å². The van der Waals surface area contributed by atoms with Crippen molar-refractivity contribution in [2.45, 2.75) is 102 Å². The SMILES string of the molecule is CC(C)(O[Si](C)(C)C(C)(C)O[Si](C)(C)CCc1ccccc1)[Si](C)(C)CCc1ccccc1. The van der Waals surface area contributed by atoms with Crippen molar-refractivity contribution in [2.75, 3.05) is 0 Å². The number of hydrogen-bond donors (Lipinski definition) is 0. The normalized spacial score (nSPS) is 13.9. The fourth-order valence-corrected chi connectivity index (χ4v) is 13.4. The van der Waals surface area contributed by atoms with E-state index in [0.29, 0.717) is 0 Å². The lowest BCUT2D eigenvalue weighted by Gasteiger charge is -2.51. The highest BCUT2D eigenvalue weighted by atomic mass is 28.4. The molecule has 0 amide bonds. The molecule has 2 nitrogen and oxygen atoms in total. The molecule has 2 aromatic rings. The van der Waals surface area contributed by atoms with Crippen molar-refractivity contribution >= 4 is 24.7 Å². The summed E-state index contributed by atoms with van der Waals surface area (Å²) in [4.78, 5) is 0. The third-order valence-corrected chi connectivity index (χ3v) is 19.7. The molecule has 0 unspecified atom stereocenters. The highest BCUT2D eigenvalue weighted by molar-refractivity contribution is 6.82. The second-order valence-electron chi connectivity index (χ2n) is 12.3. The molecule has 0 heterocycles. The summed E-state index contributed by atoms with van der Waals surface area (Å²) in [6.45, 7) is 23.7. The summed E-state index contributed by atoms with van der Waals surface area (Å²) in [7, 11) is -5.65. The molecular formula is C28H48O2Si3. The predicted molar refractivity (Wildman–Crippen MR) is 153 cm³/mol. The molecule has 33 heavy (non-hydrogen) atoms. The zero-order chi connectivity index (χ0) is 25.0. The van der Waals surface area contributed by atoms with Crippen LogP contribution in [0.3, 0.4) is 0 Å². The standard InChI is InChI=1S/C28H48O2Si3/c1-27(2,31(5,6)23-21-25-17-13-11-14-18-25)30-33(9,10)28(3,4)29-32(7,8)24-22-26-19-15-12-16-20-26/h11-20H,21-24H2,1-10H3. The first kappa shape index (κ1) is 28.2. The minimum atomic E-state index is -2.16. The Kier molecular flexibility index (Phi) is 9.19. The van der Waals surface area contributed by atoms with Gasteiger partial charge in [-0.2, -0.15) is 0 Å². The van der Waals surface area contributed by atoms with Crippen LogP contribution in [-0.4, -0.2) is 35.2 Å². The van der Waals surface area contributed by atoms with Crippen LogP contribution in [0.4, 0.5) is 0 Å². The van der Waals surface area contributed by atoms with Crippen LogP contribution < -0.4 is 0 Å². The average molecular weight is 501 g/mol. The van der Waals surface area contributed by atoms with E-state index in [1.54, 1.807) is 0 Å². The van der Waals surface area contributed by atoms with Gasteiger partial charge in [-0.3, -0.25) is 0 Å². The first-order valence-electron chi connectivity index (χ1n) is 12.6. The van der Waals surface area contributed by atoms with Crippen molar-refractivity contribution in [1.82, 2.24) is 0 Å². The fourth-order valence-electron chi connectivity index (χ4n) is 4.26. The second kappa shape index (κ2) is 10.7. The fraction of sp³-hybridized carbons (Fsp3) is 0.571. The van der Waals surface area contributed by atoms with Crippen molar-refractivity contribution in [1.29, 1.82) is 0 Å². The summed E-state index contributed by atoms with van der Waals surface area (Å²) in [6, 6.07) is 24.0. The molecule has 184 valence electrons. The number of benzene rings is 2. The van der Waals surface area contributed by atoms with E-state index < -0.39 is 24.7 Å². The number of aryl methyl sites for hydroxylation is 2. The molecule has 2 rings (SSSR count). The van der Waals surface area contributed by atoms with Crippen molar-refractivity contribution in [2.24, 2.45) is 0 Å². The first-order chi connectivity index (χ1) is 15.1. The lowest BCUT2D eigenvalue weighted by Crippen LogP contribution is -2.65. The molecule has 0 spiro atoms. The van der Waals surface area contributed by atoms with Crippen molar-refractivity contribution in [3.05, 3.63) is 71.8 Å². The molecule has 0 atom stereocenters. The Morgan fingerprint density at radius 1 is 0.576 bits per heavy atom. The van der Waals surface area contributed by atoms with E-state index in [0.717, 1.165) is 18.9 Å². The van der Waals surface area contributed by atoms with Crippen LogP contribution in [0.15, 0.2) is 60.7 Å². The zero-order valence-corrected chi connectivity index (χ0v) is 25.9. The third kappa shape index (κ3) is 8.03. The second-order valence-corrected chi connectivity index (χ2v) is 26.5. The molecule has 0 aliphatic heterocycles. The minimum Gasteiger partial charge on any atom is -0.412 e. The summed E-state index contributed by atoms with van der Waals surface area (Å²) < 4.78 is 14.1. The Labute approximate surface area is 207 Å². The molecule has 5 heteroatoms. The van der Waals surface area contributed by atoms with Crippen LogP contribution in [0.25, 0.3) is 0 Å². The van der Waals surface area contributed by atoms with Crippen LogP contribution in [-0.2, 0) is 21.7 Å². The van der Waals surface area contributed by atoms with E-state index in [1.807, 2.05) is 0 Å². The highest BCUT2D eigenvalue weighted by Gasteiger charge is 2.51. The largest absolute Gasteiger partial charge is 0.412 e. The topological polar surface area (TPSA) is 18.5 Å². The molecule has 0 N–H and O–H groups in total. The van der Waals surface area contributed by atoms with Gasteiger partial charge >= 0.3 is 0 Å². The number of hydrogen-bond acceptors (Lipinski definition) is 2. The molecule has 0 saturated carbocycles. The van der Waals surface area contributed by atoms with Gasteiger partial charge in [-0.05, 0) is 83.9 Å². The van der Waals surface area contributed by atoms with Gasteiger partial charge in [0.2, 0.25) is 8.32 Å². The maximum absolute atomic E-state index is 7.15. The highest BCUT2D eigenvalue weighted by Crippen LogP contribution is 2.38. The average Bonchev–Trinajstić information content (AvgIpc) is 2.71. The van der Waals surface area contributed by atoms with Gasteiger partial charge in [0.25, 0.3) is 0 Å². The maximum atomic E-state index is 7.15. The van der Waals surface area contributed by atoms with Gasteiger partial charge in [-0.1, -0.05) is 79.8 Å². The van der Waals surface area contributed by atoms with E-state index in [4.69, 9.17) is 8.85 Å². The molecule has 0 saturated heterocycles. The van der Waals surface area contributed by atoms with Gasteiger partial charge in [0.05, 0.1) is 13.3 Å². The summed E-state index contributed by atoms with van der Waals surface area (Å²) in [5, 5.41) is -0.339. The van der Waals surface area contributed by atoms with Gasteiger partial charge in [0.1, 0.15) is 0 Å². The molecule has 0 aliphatic carbocycles. The summed E-state index contributed by atoms with van der Waals surface area (Å²) in [5.74, 6) is 0. The Bertz CT molecular complexity index is 859. The molecular weight excluding hydrogens is 453 g/mol. The maximum Gasteiger partial charge on any atom is 0.216 e. The Hall–Kier alpha value is -0.989.